The second-order valence-corrected chi connectivity index (χ2v) is 12.3. The number of ketones is 1. The predicted octanol–water partition coefficient (Wildman–Crippen LogP) is 9.98. The normalized spacial score (nSPS) is 13.4. The van der Waals surface area contributed by atoms with Crippen LogP contribution in [0.5, 0.6) is 11.5 Å². The van der Waals surface area contributed by atoms with Crippen molar-refractivity contribution in [3.63, 3.8) is 0 Å². The molecule has 1 atom stereocenters. The summed E-state index contributed by atoms with van der Waals surface area (Å²) in [5, 5.41) is 0. The van der Waals surface area contributed by atoms with Gasteiger partial charge in [0.25, 0.3) is 0 Å². The Morgan fingerprint density at radius 2 is 1.17 bits per heavy atom. The summed E-state index contributed by atoms with van der Waals surface area (Å²) in [6.07, 6.45) is 5.57. The van der Waals surface area contributed by atoms with Crippen LogP contribution in [0.3, 0.4) is 0 Å². The fourth-order valence-electron chi connectivity index (χ4n) is 5.58. The van der Waals surface area contributed by atoms with Crippen LogP contribution in [-0.2, 0) is 5.41 Å². The number of carbonyl (C=O) groups excluding carboxylic acids is 2. The van der Waals surface area contributed by atoms with Gasteiger partial charge in [-0.05, 0) is 87.1 Å². The molecule has 0 saturated carbocycles. The highest BCUT2D eigenvalue weighted by Gasteiger charge is 2.31. The minimum Gasteiger partial charge on any atom is -0.488 e. The van der Waals surface area contributed by atoms with E-state index in [0.29, 0.717) is 16.9 Å². The molecular formula is C37H48O4. The lowest BCUT2D eigenvalue weighted by molar-refractivity contribution is 0.0734. The number of hydrogen-bond acceptors (Lipinski definition) is 4. The number of hydrogen-bond donors (Lipinski definition) is 0. The molecule has 0 aliphatic carbocycles. The van der Waals surface area contributed by atoms with Crippen molar-refractivity contribution in [2.75, 3.05) is 0 Å². The molecule has 0 radical (unpaired) electrons. The number of ether oxygens (including phenoxy) is 2. The van der Waals surface area contributed by atoms with Crippen LogP contribution in [0.1, 0.15) is 126 Å². The minimum atomic E-state index is -0.472. The molecular weight excluding hydrogens is 508 g/mol. The third kappa shape index (κ3) is 7.67. The van der Waals surface area contributed by atoms with E-state index in [-0.39, 0.29) is 16.8 Å². The van der Waals surface area contributed by atoms with E-state index < -0.39 is 11.4 Å². The van der Waals surface area contributed by atoms with Crippen molar-refractivity contribution in [2.24, 2.45) is 5.41 Å². The molecule has 0 aromatic heterocycles. The van der Waals surface area contributed by atoms with Crippen molar-refractivity contribution in [3.05, 3.63) is 95.1 Å². The highest BCUT2D eigenvalue weighted by molar-refractivity contribution is 6.02. The van der Waals surface area contributed by atoms with Crippen LogP contribution in [-0.4, -0.2) is 17.4 Å². The number of esters is 1. The van der Waals surface area contributed by atoms with Crippen LogP contribution >= 0.6 is 0 Å². The zero-order valence-electron chi connectivity index (χ0n) is 26.3. The molecule has 0 fully saturated rings. The van der Waals surface area contributed by atoms with Crippen molar-refractivity contribution in [2.45, 2.75) is 105 Å². The Hall–Kier alpha value is -3.40. The molecule has 0 spiro atoms. The van der Waals surface area contributed by atoms with Crippen LogP contribution in [0.4, 0.5) is 0 Å². The number of Topliss-reactive ketones (excluding diaryl/α,β-unsaturated/α-hetero) is 1. The SMILES string of the molecule is CCCC(C)(C)Oc1ccc(C(C)(CCC)c2ccc(OC(=O)c3cccc(C(=O)C(C)(CC)CC)c3)cc2)cc1. The smallest absolute Gasteiger partial charge is 0.343 e. The van der Waals surface area contributed by atoms with Gasteiger partial charge in [-0.2, -0.15) is 0 Å². The summed E-state index contributed by atoms with van der Waals surface area (Å²) in [4.78, 5) is 26.1. The predicted molar refractivity (Wildman–Crippen MR) is 168 cm³/mol. The van der Waals surface area contributed by atoms with Crippen LogP contribution in [0, 0.1) is 5.41 Å². The molecule has 0 N–H and O–H groups in total. The Morgan fingerprint density at radius 1 is 0.659 bits per heavy atom. The van der Waals surface area contributed by atoms with Crippen molar-refractivity contribution in [1.29, 1.82) is 0 Å². The van der Waals surface area contributed by atoms with E-state index >= 15 is 0 Å². The molecule has 3 aromatic rings. The van der Waals surface area contributed by atoms with Crippen molar-refractivity contribution in [1.82, 2.24) is 0 Å². The Kier molecular flexibility index (Phi) is 10.6. The molecule has 41 heavy (non-hydrogen) atoms. The summed E-state index contributed by atoms with van der Waals surface area (Å²) in [6.45, 7) is 16.9. The topological polar surface area (TPSA) is 52.6 Å². The molecule has 4 heteroatoms. The van der Waals surface area contributed by atoms with Gasteiger partial charge in [-0.25, -0.2) is 4.79 Å². The fraction of sp³-hybridized carbons (Fsp3) is 0.459. The summed E-state index contributed by atoms with van der Waals surface area (Å²) in [7, 11) is 0. The zero-order chi connectivity index (χ0) is 30.3. The Labute approximate surface area is 247 Å². The van der Waals surface area contributed by atoms with Gasteiger partial charge >= 0.3 is 5.97 Å². The molecule has 0 bridgehead atoms. The van der Waals surface area contributed by atoms with Crippen LogP contribution in [0.25, 0.3) is 0 Å². The summed E-state index contributed by atoms with van der Waals surface area (Å²) < 4.78 is 12.0. The van der Waals surface area contributed by atoms with E-state index in [9.17, 15) is 9.59 Å². The van der Waals surface area contributed by atoms with Gasteiger partial charge in [0.15, 0.2) is 5.78 Å². The number of rotatable bonds is 14. The second kappa shape index (κ2) is 13.5. The molecule has 0 aliphatic heterocycles. The molecule has 0 aliphatic rings. The van der Waals surface area contributed by atoms with E-state index in [4.69, 9.17) is 9.47 Å². The lowest BCUT2D eigenvalue weighted by atomic mass is 9.73. The maximum Gasteiger partial charge on any atom is 0.343 e. The van der Waals surface area contributed by atoms with Gasteiger partial charge in [-0.3, -0.25) is 4.79 Å². The quantitative estimate of drug-likeness (QED) is 0.113. The third-order valence-electron chi connectivity index (χ3n) is 8.66. The Balaban J connectivity index is 1.78. The summed E-state index contributed by atoms with van der Waals surface area (Å²) in [5.74, 6) is 0.942. The first kappa shape index (κ1) is 32.1. The minimum absolute atomic E-state index is 0.0565. The summed E-state index contributed by atoms with van der Waals surface area (Å²) >= 11 is 0. The van der Waals surface area contributed by atoms with Crippen LogP contribution in [0.15, 0.2) is 72.8 Å². The second-order valence-electron chi connectivity index (χ2n) is 12.3. The molecule has 3 aromatic carbocycles. The van der Waals surface area contributed by atoms with E-state index in [0.717, 1.165) is 49.8 Å². The first-order chi connectivity index (χ1) is 19.4. The summed E-state index contributed by atoms with van der Waals surface area (Å²) in [5.41, 5.74) is 2.45. The lowest BCUT2D eigenvalue weighted by Crippen LogP contribution is -2.28. The first-order valence-corrected chi connectivity index (χ1v) is 15.2. The molecule has 1 unspecified atom stereocenters. The lowest BCUT2D eigenvalue weighted by Gasteiger charge is -2.32. The van der Waals surface area contributed by atoms with Gasteiger partial charge < -0.3 is 9.47 Å². The summed E-state index contributed by atoms with van der Waals surface area (Å²) in [6, 6.07) is 23.1. The van der Waals surface area contributed by atoms with E-state index in [1.165, 1.54) is 5.56 Å². The average Bonchev–Trinajstić information content (AvgIpc) is 2.97. The maximum atomic E-state index is 13.1. The highest BCUT2D eigenvalue weighted by Crippen LogP contribution is 2.38. The van der Waals surface area contributed by atoms with Gasteiger partial charge in [-0.15, -0.1) is 0 Å². The zero-order valence-corrected chi connectivity index (χ0v) is 26.3. The largest absolute Gasteiger partial charge is 0.488 e. The van der Waals surface area contributed by atoms with E-state index in [1.54, 1.807) is 24.3 Å². The number of benzene rings is 3. The first-order valence-electron chi connectivity index (χ1n) is 15.2. The van der Waals surface area contributed by atoms with Gasteiger partial charge in [0.05, 0.1) is 5.56 Å². The number of carbonyl (C=O) groups is 2. The van der Waals surface area contributed by atoms with E-state index in [1.807, 2.05) is 45.0 Å². The molecule has 0 amide bonds. The molecule has 220 valence electrons. The van der Waals surface area contributed by atoms with Gasteiger partial charge in [0.1, 0.15) is 17.1 Å². The van der Waals surface area contributed by atoms with Crippen molar-refractivity contribution in [3.8, 4) is 11.5 Å². The maximum absolute atomic E-state index is 13.1. The Morgan fingerprint density at radius 3 is 1.68 bits per heavy atom. The monoisotopic (exact) mass is 556 g/mol. The molecule has 4 nitrogen and oxygen atoms in total. The van der Waals surface area contributed by atoms with Crippen LogP contribution < -0.4 is 9.47 Å². The van der Waals surface area contributed by atoms with Gasteiger partial charge in [0.2, 0.25) is 0 Å². The van der Waals surface area contributed by atoms with E-state index in [2.05, 4.69) is 58.9 Å². The molecule has 3 rings (SSSR count). The van der Waals surface area contributed by atoms with Gasteiger partial charge in [-0.1, -0.05) is 90.8 Å². The molecule has 0 saturated heterocycles. The van der Waals surface area contributed by atoms with Crippen molar-refractivity contribution >= 4 is 11.8 Å². The highest BCUT2D eigenvalue weighted by atomic mass is 16.5. The van der Waals surface area contributed by atoms with Crippen molar-refractivity contribution < 1.29 is 19.1 Å². The molecule has 0 heterocycles. The average molecular weight is 557 g/mol. The fourth-order valence-corrected chi connectivity index (χ4v) is 5.58. The van der Waals surface area contributed by atoms with Crippen LogP contribution in [0.2, 0.25) is 0 Å². The third-order valence-corrected chi connectivity index (χ3v) is 8.66. The standard InChI is InChI=1S/C37H48O4/c1-9-24-35(5,6)41-32-22-18-30(19-23-32)37(8,25-10-2)29-16-20-31(21-17-29)40-34(39)28-15-13-14-27(26-28)33(38)36(7,11-3)12-4/h13-23,26H,9-12,24-25H2,1-8H3. The Bertz CT molecular complexity index is 1300. The van der Waals surface area contributed by atoms with Gasteiger partial charge in [0, 0.05) is 16.4 Å².